The lowest BCUT2D eigenvalue weighted by Gasteiger charge is -2.19. The van der Waals surface area contributed by atoms with E-state index in [1.54, 1.807) is 41.8 Å². The van der Waals surface area contributed by atoms with Gasteiger partial charge in [0.1, 0.15) is 5.82 Å². The van der Waals surface area contributed by atoms with Crippen molar-refractivity contribution in [2.45, 2.75) is 0 Å². The number of hydrogen-bond acceptors (Lipinski definition) is 4. The number of allylic oxidation sites excluding steroid dienone is 3. The summed E-state index contributed by atoms with van der Waals surface area (Å²) in [6.07, 6.45) is 6.83. The minimum absolute atomic E-state index is 0.0954. The van der Waals surface area contributed by atoms with Crippen LogP contribution in [-0.2, 0) is 0 Å². The van der Waals surface area contributed by atoms with Crippen LogP contribution in [0.25, 0.3) is 27.2 Å². The van der Waals surface area contributed by atoms with Gasteiger partial charge in [-0.3, -0.25) is 14.3 Å². The van der Waals surface area contributed by atoms with Crippen molar-refractivity contribution in [2.24, 2.45) is 0 Å². The highest BCUT2D eigenvalue weighted by Gasteiger charge is 2.13. The van der Waals surface area contributed by atoms with Crippen LogP contribution < -0.4 is 10.7 Å². The molecule has 1 aromatic carbocycles. The van der Waals surface area contributed by atoms with E-state index in [9.17, 15) is 4.79 Å². The number of rotatable bonds is 6. The zero-order valence-electron chi connectivity index (χ0n) is 15.7. The van der Waals surface area contributed by atoms with Gasteiger partial charge in [0.25, 0.3) is 0 Å². The molecule has 0 saturated carbocycles. The summed E-state index contributed by atoms with van der Waals surface area (Å²) < 4.78 is 2.02. The van der Waals surface area contributed by atoms with E-state index < -0.39 is 0 Å². The fourth-order valence-corrected chi connectivity index (χ4v) is 3.85. The van der Waals surface area contributed by atoms with Crippen LogP contribution in [0.4, 0.5) is 5.82 Å². The third kappa shape index (κ3) is 3.68. The molecule has 3 aromatic heterocycles. The SMILES string of the molecule is C=C/C=C(\C=C)Nc1cc(=O)c2cnc(-c3cccs3)cc2n1-c1ccccc1. The monoisotopic (exact) mass is 397 g/mol. The van der Waals surface area contributed by atoms with Crippen LogP contribution in [0.5, 0.6) is 0 Å². The average Bonchev–Trinajstić information content (AvgIpc) is 3.29. The molecule has 0 fully saturated rings. The Morgan fingerprint density at radius 1 is 1.10 bits per heavy atom. The number of fused-ring (bicyclic) bond motifs is 1. The summed E-state index contributed by atoms with van der Waals surface area (Å²) in [7, 11) is 0. The van der Waals surface area contributed by atoms with E-state index in [0.717, 1.165) is 27.5 Å². The molecule has 0 aliphatic heterocycles. The van der Waals surface area contributed by atoms with Crippen LogP contribution in [0.15, 0.2) is 108 Å². The van der Waals surface area contributed by atoms with Crippen LogP contribution in [0.3, 0.4) is 0 Å². The number of pyridine rings is 2. The van der Waals surface area contributed by atoms with E-state index in [1.807, 2.05) is 58.5 Å². The first-order chi connectivity index (χ1) is 14.2. The smallest absolute Gasteiger partial charge is 0.193 e. The molecule has 0 saturated heterocycles. The first kappa shape index (κ1) is 18.7. The van der Waals surface area contributed by atoms with Crippen LogP contribution in [0.2, 0.25) is 0 Å². The molecule has 4 nitrogen and oxygen atoms in total. The van der Waals surface area contributed by atoms with Gasteiger partial charge in [-0.1, -0.05) is 43.5 Å². The van der Waals surface area contributed by atoms with E-state index in [1.165, 1.54) is 0 Å². The summed E-state index contributed by atoms with van der Waals surface area (Å²) in [6.45, 7) is 7.57. The van der Waals surface area contributed by atoms with E-state index >= 15 is 0 Å². The Bertz CT molecular complexity index is 1270. The Morgan fingerprint density at radius 2 is 1.93 bits per heavy atom. The molecule has 142 valence electrons. The second-order valence-electron chi connectivity index (χ2n) is 6.32. The lowest BCUT2D eigenvalue weighted by atomic mass is 10.2. The van der Waals surface area contributed by atoms with Gasteiger partial charge in [-0.05, 0) is 41.8 Å². The number of thiophene rings is 1. The molecule has 5 heteroatoms. The molecule has 0 radical (unpaired) electrons. The molecule has 0 aliphatic carbocycles. The van der Waals surface area contributed by atoms with Crippen LogP contribution in [0.1, 0.15) is 0 Å². The largest absolute Gasteiger partial charge is 0.341 e. The van der Waals surface area contributed by atoms with Crippen molar-refractivity contribution in [3.63, 3.8) is 0 Å². The van der Waals surface area contributed by atoms with Crippen molar-refractivity contribution in [3.05, 3.63) is 113 Å². The molecule has 0 atom stereocenters. The normalized spacial score (nSPS) is 11.4. The molecule has 29 heavy (non-hydrogen) atoms. The van der Waals surface area contributed by atoms with Gasteiger partial charge in [-0.15, -0.1) is 11.3 Å². The molecule has 0 amide bonds. The number of hydrogen-bond donors (Lipinski definition) is 1. The summed E-state index contributed by atoms with van der Waals surface area (Å²) >= 11 is 1.62. The second kappa shape index (κ2) is 8.12. The summed E-state index contributed by atoms with van der Waals surface area (Å²) in [5, 5.41) is 5.88. The molecule has 0 spiro atoms. The predicted octanol–water partition coefficient (Wildman–Crippen LogP) is 5.78. The molecule has 0 bridgehead atoms. The van der Waals surface area contributed by atoms with Crippen LogP contribution >= 0.6 is 11.3 Å². The standard InChI is InChI=1S/C24H19N3OS/c1-3-9-17(4-2)26-24-15-22(28)19-16-25-20(23-12-8-13-29-23)14-21(19)27(24)18-10-6-5-7-11-18/h3-16,26H,1-2H2/b17-9+. The van der Waals surface area contributed by atoms with Crippen molar-refractivity contribution in [3.8, 4) is 16.3 Å². The fraction of sp³-hybridized carbons (Fsp3) is 0. The number of nitrogens with zero attached hydrogens (tertiary/aromatic N) is 2. The minimum Gasteiger partial charge on any atom is -0.341 e. The van der Waals surface area contributed by atoms with Crippen molar-refractivity contribution in [1.82, 2.24) is 9.55 Å². The molecule has 3 heterocycles. The lowest BCUT2D eigenvalue weighted by molar-refractivity contribution is 1.09. The van der Waals surface area contributed by atoms with Gasteiger partial charge in [0.05, 0.1) is 21.5 Å². The Hall–Kier alpha value is -3.70. The molecule has 4 rings (SSSR count). The summed E-state index contributed by atoms with van der Waals surface area (Å²) in [5.41, 5.74) is 3.20. The van der Waals surface area contributed by atoms with Crippen LogP contribution in [0, 0.1) is 0 Å². The molecule has 1 N–H and O–H groups in total. The van der Waals surface area contributed by atoms with Gasteiger partial charge < -0.3 is 5.32 Å². The molecular weight excluding hydrogens is 378 g/mol. The topological polar surface area (TPSA) is 46.9 Å². The third-order valence-corrected chi connectivity index (χ3v) is 5.37. The Balaban J connectivity index is 2.04. The van der Waals surface area contributed by atoms with Crippen molar-refractivity contribution >= 4 is 28.1 Å². The minimum atomic E-state index is -0.0954. The summed E-state index contributed by atoms with van der Waals surface area (Å²) in [5.74, 6) is 0.644. The lowest BCUT2D eigenvalue weighted by Crippen LogP contribution is -2.14. The number of nitrogens with one attached hydrogen (secondary N) is 1. The Kier molecular flexibility index (Phi) is 5.22. The number of benzene rings is 1. The molecule has 0 aliphatic rings. The first-order valence-corrected chi connectivity index (χ1v) is 9.96. The highest BCUT2D eigenvalue weighted by molar-refractivity contribution is 7.13. The summed E-state index contributed by atoms with van der Waals surface area (Å²) in [4.78, 5) is 18.4. The zero-order chi connectivity index (χ0) is 20.2. The van der Waals surface area contributed by atoms with Gasteiger partial charge in [-0.25, -0.2) is 0 Å². The van der Waals surface area contributed by atoms with Gasteiger partial charge in [0.2, 0.25) is 0 Å². The van der Waals surface area contributed by atoms with E-state index in [4.69, 9.17) is 0 Å². The average molecular weight is 398 g/mol. The van der Waals surface area contributed by atoms with Crippen molar-refractivity contribution in [1.29, 1.82) is 0 Å². The number of aromatic nitrogens is 2. The van der Waals surface area contributed by atoms with Gasteiger partial charge in [-0.2, -0.15) is 0 Å². The quantitative estimate of drug-likeness (QED) is 0.419. The fourth-order valence-electron chi connectivity index (χ4n) is 3.16. The predicted molar refractivity (Wildman–Crippen MR) is 123 cm³/mol. The maximum absolute atomic E-state index is 12.9. The zero-order valence-corrected chi connectivity index (χ0v) is 16.5. The second-order valence-corrected chi connectivity index (χ2v) is 7.26. The highest BCUT2D eigenvalue weighted by atomic mass is 32.1. The third-order valence-electron chi connectivity index (χ3n) is 4.47. The molecular formula is C24H19N3OS. The maximum atomic E-state index is 12.9. The van der Waals surface area contributed by atoms with E-state index in [0.29, 0.717) is 11.2 Å². The van der Waals surface area contributed by atoms with Crippen molar-refractivity contribution < 1.29 is 0 Å². The van der Waals surface area contributed by atoms with Gasteiger partial charge >= 0.3 is 0 Å². The maximum Gasteiger partial charge on any atom is 0.193 e. The van der Waals surface area contributed by atoms with Gasteiger partial charge in [0.15, 0.2) is 5.43 Å². The molecule has 4 aromatic rings. The number of para-hydroxylation sites is 1. The van der Waals surface area contributed by atoms with Crippen molar-refractivity contribution in [2.75, 3.05) is 5.32 Å². The van der Waals surface area contributed by atoms with E-state index in [2.05, 4.69) is 23.5 Å². The Labute approximate surface area is 172 Å². The van der Waals surface area contributed by atoms with Crippen LogP contribution in [-0.4, -0.2) is 9.55 Å². The highest BCUT2D eigenvalue weighted by Crippen LogP contribution is 2.28. The first-order valence-electron chi connectivity index (χ1n) is 9.08. The Morgan fingerprint density at radius 3 is 2.62 bits per heavy atom. The number of anilines is 1. The van der Waals surface area contributed by atoms with Gasteiger partial charge in [0, 0.05) is 23.6 Å². The van der Waals surface area contributed by atoms with E-state index in [-0.39, 0.29) is 5.43 Å². The summed E-state index contributed by atoms with van der Waals surface area (Å²) in [6, 6.07) is 17.5. The molecule has 0 unspecified atom stereocenters.